The van der Waals surface area contributed by atoms with Crippen molar-refractivity contribution >= 4 is 17.6 Å². The van der Waals surface area contributed by atoms with Gasteiger partial charge in [-0.1, -0.05) is 6.92 Å². The Morgan fingerprint density at radius 1 is 0.846 bits per heavy atom. The minimum atomic E-state index is -0.478. The van der Waals surface area contributed by atoms with Crippen LogP contribution in [0.4, 0.5) is 5.69 Å². The molecule has 1 aliphatic rings. The van der Waals surface area contributed by atoms with Gasteiger partial charge < -0.3 is 15.2 Å². The first-order valence-electron chi connectivity index (χ1n) is 8.91. The van der Waals surface area contributed by atoms with Gasteiger partial charge >= 0.3 is 11.9 Å². The number of rotatable bonds is 4. The molecular formula is C21H23NO4. The second-order valence-corrected chi connectivity index (χ2v) is 6.86. The van der Waals surface area contributed by atoms with Crippen molar-refractivity contribution in [2.24, 2.45) is 11.8 Å². The fourth-order valence-electron chi connectivity index (χ4n) is 3.06. The lowest BCUT2D eigenvalue weighted by Gasteiger charge is -2.24. The molecule has 3 rings (SSSR count). The first-order valence-corrected chi connectivity index (χ1v) is 8.91. The van der Waals surface area contributed by atoms with Crippen molar-refractivity contribution in [1.29, 1.82) is 0 Å². The van der Waals surface area contributed by atoms with E-state index in [-0.39, 0.29) is 11.9 Å². The van der Waals surface area contributed by atoms with Crippen LogP contribution >= 0.6 is 0 Å². The first kappa shape index (κ1) is 18.0. The minimum absolute atomic E-state index is 0.0265. The molecule has 0 unspecified atom stereocenters. The van der Waals surface area contributed by atoms with Crippen molar-refractivity contribution in [2.75, 3.05) is 5.73 Å². The van der Waals surface area contributed by atoms with E-state index in [4.69, 9.17) is 15.2 Å². The molecule has 2 N–H and O–H groups in total. The lowest BCUT2D eigenvalue weighted by molar-refractivity contribution is -0.140. The number of hydrogen-bond acceptors (Lipinski definition) is 5. The van der Waals surface area contributed by atoms with E-state index >= 15 is 0 Å². The van der Waals surface area contributed by atoms with Crippen molar-refractivity contribution in [3.05, 3.63) is 54.1 Å². The quantitative estimate of drug-likeness (QED) is 0.506. The summed E-state index contributed by atoms with van der Waals surface area (Å²) in [5.41, 5.74) is 6.59. The van der Waals surface area contributed by atoms with Gasteiger partial charge in [-0.15, -0.1) is 0 Å². The van der Waals surface area contributed by atoms with Gasteiger partial charge in [0.1, 0.15) is 11.5 Å². The molecule has 0 amide bonds. The lowest BCUT2D eigenvalue weighted by atomic mass is 9.83. The van der Waals surface area contributed by atoms with Gasteiger partial charge in [-0.2, -0.15) is 0 Å². The molecule has 0 atom stereocenters. The van der Waals surface area contributed by atoms with Gasteiger partial charge in [0, 0.05) is 5.69 Å². The Balaban J connectivity index is 1.56. The zero-order valence-electron chi connectivity index (χ0n) is 14.8. The maximum atomic E-state index is 12.2. The second-order valence-electron chi connectivity index (χ2n) is 6.86. The van der Waals surface area contributed by atoms with Crippen LogP contribution in [0.1, 0.15) is 43.0 Å². The van der Waals surface area contributed by atoms with E-state index in [0.29, 0.717) is 28.7 Å². The third-order valence-electron chi connectivity index (χ3n) is 4.75. The Hall–Kier alpha value is -2.82. The highest BCUT2D eigenvalue weighted by molar-refractivity contribution is 5.91. The van der Waals surface area contributed by atoms with Crippen LogP contribution < -0.4 is 15.2 Å². The average molecular weight is 353 g/mol. The Bertz CT molecular complexity index is 760. The highest BCUT2D eigenvalue weighted by Crippen LogP contribution is 2.29. The van der Waals surface area contributed by atoms with E-state index < -0.39 is 5.97 Å². The van der Waals surface area contributed by atoms with Gasteiger partial charge in [0.15, 0.2) is 0 Å². The van der Waals surface area contributed by atoms with E-state index in [1.54, 1.807) is 48.5 Å². The summed E-state index contributed by atoms with van der Waals surface area (Å²) < 4.78 is 10.7. The topological polar surface area (TPSA) is 78.6 Å². The van der Waals surface area contributed by atoms with Crippen LogP contribution in [0.3, 0.4) is 0 Å². The number of hydrogen-bond donors (Lipinski definition) is 1. The molecule has 0 saturated heterocycles. The summed E-state index contributed by atoms with van der Waals surface area (Å²) >= 11 is 0. The molecule has 5 nitrogen and oxygen atoms in total. The molecule has 0 aromatic heterocycles. The summed E-state index contributed by atoms with van der Waals surface area (Å²) in [6.45, 7) is 2.21. The largest absolute Gasteiger partial charge is 0.426 e. The highest BCUT2D eigenvalue weighted by Gasteiger charge is 2.26. The van der Waals surface area contributed by atoms with Crippen LogP contribution in [0.2, 0.25) is 0 Å². The van der Waals surface area contributed by atoms with Gasteiger partial charge in [0.2, 0.25) is 0 Å². The number of nitrogen functional groups attached to an aromatic ring is 1. The van der Waals surface area contributed by atoms with E-state index in [9.17, 15) is 9.59 Å². The molecule has 0 spiro atoms. The Morgan fingerprint density at radius 3 is 2.00 bits per heavy atom. The van der Waals surface area contributed by atoms with Crippen molar-refractivity contribution in [3.8, 4) is 11.5 Å². The summed E-state index contributed by atoms with van der Waals surface area (Å²) in [6.07, 6.45) is 3.89. The van der Waals surface area contributed by atoms with Gasteiger partial charge in [0.05, 0.1) is 11.5 Å². The molecule has 2 aromatic rings. The van der Waals surface area contributed by atoms with Crippen LogP contribution in [0, 0.1) is 11.8 Å². The van der Waals surface area contributed by atoms with Gasteiger partial charge in [-0.25, -0.2) is 4.79 Å². The fourth-order valence-corrected chi connectivity index (χ4v) is 3.06. The Morgan fingerprint density at radius 2 is 1.38 bits per heavy atom. The third kappa shape index (κ3) is 4.63. The minimum Gasteiger partial charge on any atom is -0.426 e. The molecule has 1 aliphatic carbocycles. The van der Waals surface area contributed by atoms with E-state index in [0.717, 1.165) is 25.7 Å². The predicted octanol–water partition coefficient (Wildman–Crippen LogP) is 4.22. The number of ether oxygens (including phenoxy) is 2. The Labute approximate surface area is 153 Å². The highest BCUT2D eigenvalue weighted by atomic mass is 16.5. The number of anilines is 1. The molecule has 0 aliphatic heterocycles. The van der Waals surface area contributed by atoms with Crippen molar-refractivity contribution < 1.29 is 19.1 Å². The molecule has 0 bridgehead atoms. The maximum Gasteiger partial charge on any atom is 0.343 e. The molecule has 1 fully saturated rings. The van der Waals surface area contributed by atoms with Gasteiger partial charge in [-0.05, 0) is 80.1 Å². The van der Waals surface area contributed by atoms with E-state index in [1.807, 2.05) is 0 Å². The molecule has 5 heteroatoms. The predicted molar refractivity (Wildman–Crippen MR) is 99.0 cm³/mol. The molecule has 136 valence electrons. The van der Waals surface area contributed by atoms with Crippen LogP contribution in [-0.4, -0.2) is 11.9 Å². The zero-order valence-corrected chi connectivity index (χ0v) is 14.8. The van der Waals surface area contributed by atoms with E-state index in [1.165, 1.54) is 0 Å². The maximum absolute atomic E-state index is 12.2. The summed E-state index contributed by atoms with van der Waals surface area (Å²) in [4.78, 5) is 24.4. The molecule has 1 saturated carbocycles. The Kier molecular flexibility index (Phi) is 5.56. The smallest absolute Gasteiger partial charge is 0.343 e. The third-order valence-corrected chi connectivity index (χ3v) is 4.75. The average Bonchev–Trinajstić information content (AvgIpc) is 2.64. The number of carbonyl (C=O) groups is 2. The van der Waals surface area contributed by atoms with Crippen LogP contribution in [0.5, 0.6) is 11.5 Å². The fraction of sp³-hybridized carbons (Fsp3) is 0.333. The van der Waals surface area contributed by atoms with Gasteiger partial charge in [-0.3, -0.25) is 4.79 Å². The summed E-state index contributed by atoms with van der Waals surface area (Å²) in [7, 11) is 0. The van der Waals surface area contributed by atoms with Crippen LogP contribution in [0.15, 0.2) is 48.5 Å². The molecule has 2 aromatic carbocycles. The normalized spacial score (nSPS) is 19.6. The summed E-state index contributed by atoms with van der Waals surface area (Å²) in [6, 6.07) is 13.0. The molecule has 0 radical (unpaired) electrons. The number of carbonyl (C=O) groups excluding carboxylic acids is 2. The molecule has 26 heavy (non-hydrogen) atoms. The monoisotopic (exact) mass is 353 g/mol. The standard InChI is InChI=1S/C21H23NO4/c1-14-2-4-15(5-3-14)20(23)25-18-10-6-16(7-11-18)21(24)26-19-12-8-17(22)9-13-19/h6-15H,2-5,22H2,1H3. The van der Waals surface area contributed by atoms with Crippen molar-refractivity contribution in [2.45, 2.75) is 32.6 Å². The molecular weight excluding hydrogens is 330 g/mol. The number of esters is 2. The van der Waals surface area contributed by atoms with Gasteiger partial charge in [0.25, 0.3) is 0 Å². The SMILES string of the molecule is CC1CCC(C(=O)Oc2ccc(C(=O)Oc3ccc(N)cc3)cc2)CC1. The number of benzene rings is 2. The lowest BCUT2D eigenvalue weighted by Crippen LogP contribution is -2.24. The molecule has 0 heterocycles. The summed E-state index contributed by atoms with van der Waals surface area (Å²) in [5, 5.41) is 0. The zero-order chi connectivity index (χ0) is 18.5. The number of nitrogens with two attached hydrogens (primary N) is 1. The van der Waals surface area contributed by atoms with Crippen molar-refractivity contribution in [3.63, 3.8) is 0 Å². The van der Waals surface area contributed by atoms with Crippen LogP contribution in [0.25, 0.3) is 0 Å². The first-order chi connectivity index (χ1) is 12.5. The van der Waals surface area contributed by atoms with Crippen molar-refractivity contribution in [1.82, 2.24) is 0 Å². The van der Waals surface area contributed by atoms with E-state index in [2.05, 4.69) is 6.92 Å². The summed E-state index contributed by atoms with van der Waals surface area (Å²) in [5.74, 6) is 0.860. The van der Waals surface area contributed by atoms with Crippen LogP contribution in [-0.2, 0) is 4.79 Å². The second kappa shape index (κ2) is 8.04.